The highest BCUT2D eigenvalue weighted by atomic mass is 32.1. The fraction of sp³-hybridized carbons (Fsp3) is 0.700. The Morgan fingerprint density at radius 2 is 2.21 bits per heavy atom. The second-order valence-corrected chi connectivity index (χ2v) is 4.93. The highest BCUT2D eigenvalue weighted by Crippen LogP contribution is 2.21. The van der Waals surface area contributed by atoms with E-state index < -0.39 is 0 Å². The van der Waals surface area contributed by atoms with E-state index in [0.29, 0.717) is 5.92 Å². The molecular weight excluding hydrogens is 194 g/mol. The van der Waals surface area contributed by atoms with Crippen molar-refractivity contribution in [2.45, 2.75) is 27.2 Å². The summed E-state index contributed by atoms with van der Waals surface area (Å²) in [6, 6.07) is 0. The fourth-order valence-electron chi connectivity index (χ4n) is 1.20. The summed E-state index contributed by atoms with van der Waals surface area (Å²) in [7, 11) is 0. The van der Waals surface area contributed by atoms with E-state index in [2.05, 4.69) is 24.1 Å². The van der Waals surface area contributed by atoms with Crippen molar-refractivity contribution in [2.24, 2.45) is 11.7 Å². The highest BCUT2D eigenvalue weighted by Gasteiger charge is 2.04. The molecule has 1 heterocycles. The maximum atomic E-state index is 5.49. The molecule has 0 aromatic carbocycles. The Hall–Kier alpha value is -0.610. The molecule has 0 bridgehead atoms. The van der Waals surface area contributed by atoms with Crippen LogP contribution in [0.1, 0.15) is 23.9 Å². The summed E-state index contributed by atoms with van der Waals surface area (Å²) in [5.41, 5.74) is 6.61. The average Bonchev–Trinajstić information content (AvgIpc) is 2.44. The van der Waals surface area contributed by atoms with Gasteiger partial charge in [-0.2, -0.15) is 0 Å². The number of thiazole rings is 1. The third-order valence-corrected chi connectivity index (χ3v) is 3.32. The van der Waals surface area contributed by atoms with Crippen LogP contribution in [0.25, 0.3) is 0 Å². The number of nitrogens with two attached hydrogens (primary N) is 1. The molecular formula is C10H19N3S. The van der Waals surface area contributed by atoms with Crippen molar-refractivity contribution in [1.29, 1.82) is 0 Å². The number of rotatable bonds is 5. The molecule has 0 saturated carbocycles. The second kappa shape index (κ2) is 5.32. The van der Waals surface area contributed by atoms with Gasteiger partial charge < -0.3 is 11.1 Å². The van der Waals surface area contributed by atoms with E-state index in [4.69, 9.17) is 5.73 Å². The number of aryl methyl sites for hydroxylation is 2. The van der Waals surface area contributed by atoms with Gasteiger partial charge in [-0.25, -0.2) is 4.98 Å². The van der Waals surface area contributed by atoms with Gasteiger partial charge >= 0.3 is 0 Å². The van der Waals surface area contributed by atoms with Crippen molar-refractivity contribution in [3.63, 3.8) is 0 Å². The van der Waals surface area contributed by atoms with Crippen LogP contribution in [0.15, 0.2) is 0 Å². The van der Waals surface area contributed by atoms with Gasteiger partial charge in [0.05, 0.1) is 5.69 Å². The van der Waals surface area contributed by atoms with Gasteiger partial charge in [-0.3, -0.25) is 0 Å². The summed E-state index contributed by atoms with van der Waals surface area (Å²) < 4.78 is 0. The largest absolute Gasteiger partial charge is 0.361 e. The molecule has 3 N–H and O–H groups in total. The summed E-state index contributed by atoms with van der Waals surface area (Å²) >= 11 is 1.72. The smallest absolute Gasteiger partial charge is 0.183 e. The number of aromatic nitrogens is 1. The zero-order chi connectivity index (χ0) is 10.6. The Labute approximate surface area is 89.7 Å². The van der Waals surface area contributed by atoms with Gasteiger partial charge in [0.2, 0.25) is 0 Å². The monoisotopic (exact) mass is 213 g/mol. The third kappa shape index (κ3) is 3.27. The first kappa shape index (κ1) is 11.5. The lowest BCUT2D eigenvalue weighted by atomic mass is 10.1. The van der Waals surface area contributed by atoms with Gasteiger partial charge in [0.15, 0.2) is 5.13 Å². The topological polar surface area (TPSA) is 50.9 Å². The number of hydrogen-bond acceptors (Lipinski definition) is 4. The van der Waals surface area contributed by atoms with Crippen LogP contribution >= 0.6 is 11.3 Å². The zero-order valence-electron chi connectivity index (χ0n) is 9.13. The third-order valence-electron chi connectivity index (χ3n) is 2.29. The highest BCUT2D eigenvalue weighted by molar-refractivity contribution is 7.15. The lowest BCUT2D eigenvalue weighted by Crippen LogP contribution is -2.15. The summed E-state index contributed by atoms with van der Waals surface area (Å²) in [6.07, 6.45) is 1.07. The zero-order valence-corrected chi connectivity index (χ0v) is 9.95. The molecule has 0 spiro atoms. The van der Waals surface area contributed by atoms with E-state index in [9.17, 15) is 0 Å². The molecule has 14 heavy (non-hydrogen) atoms. The normalized spacial score (nSPS) is 12.9. The van der Waals surface area contributed by atoms with Crippen molar-refractivity contribution < 1.29 is 0 Å². The van der Waals surface area contributed by atoms with Crippen molar-refractivity contribution in [1.82, 2.24) is 4.98 Å². The Kier molecular flexibility index (Phi) is 4.35. The van der Waals surface area contributed by atoms with Crippen LogP contribution < -0.4 is 11.1 Å². The number of anilines is 1. The maximum Gasteiger partial charge on any atom is 0.183 e. The van der Waals surface area contributed by atoms with Gasteiger partial charge in [0.1, 0.15) is 0 Å². The van der Waals surface area contributed by atoms with E-state index in [-0.39, 0.29) is 0 Å². The van der Waals surface area contributed by atoms with E-state index in [0.717, 1.165) is 30.3 Å². The average molecular weight is 213 g/mol. The Morgan fingerprint density at radius 1 is 1.50 bits per heavy atom. The predicted molar refractivity (Wildman–Crippen MR) is 62.9 cm³/mol. The summed E-state index contributed by atoms with van der Waals surface area (Å²) in [5, 5.41) is 4.37. The van der Waals surface area contributed by atoms with Gasteiger partial charge in [0, 0.05) is 11.4 Å². The molecule has 1 atom stereocenters. The minimum Gasteiger partial charge on any atom is -0.361 e. The molecule has 0 aliphatic rings. The molecule has 0 radical (unpaired) electrons. The number of nitrogens with zero attached hydrogens (tertiary/aromatic N) is 1. The Bertz CT molecular complexity index is 263. The van der Waals surface area contributed by atoms with E-state index >= 15 is 0 Å². The Balaban J connectivity index is 2.38. The van der Waals surface area contributed by atoms with Crippen molar-refractivity contribution in [3.8, 4) is 0 Å². The van der Waals surface area contributed by atoms with Crippen LogP contribution in [0.2, 0.25) is 0 Å². The Morgan fingerprint density at radius 3 is 2.71 bits per heavy atom. The molecule has 0 aliphatic heterocycles. The number of nitrogens with one attached hydrogen (secondary N) is 1. The van der Waals surface area contributed by atoms with E-state index in [1.54, 1.807) is 11.3 Å². The standard InChI is InChI=1S/C10H19N3S/c1-7(4-5-11)6-12-10-13-8(2)9(3)14-10/h7H,4-6,11H2,1-3H3,(H,12,13). The first-order valence-corrected chi connectivity index (χ1v) is 5.83. The minimum atomic E-state index is 0.615. The van der Waals surface area contributed by atoms with Gasteiger partial charge in [0.25, 0.3) is 0 Å². The van der Waals surface area contributed by atoms with Crippen LogP contribution in [0, 0.1) is 19.8 Å². The van der Waals surface area contributed by atoms with Crippen molar-refractivity contribution in [2.75, 3.05) is 18.4 Å². The summed E-state index contributed by atoms with van der Waals surface area (Å²) in [5.74, 6) is 0.615. The van der Waals surface area contributed by atoms with Gasteiger partial charge in [-0.05, 0) is 32.7 Å². The minimum absolute atomic E-state index is 0.615. The molecule has 4 heteroatoms. The predicted octanol–water partition coefficient (Wildman–Crippen LogP) is 2.16. The van der Waals surface area contributed by atoms with Crippen LogP contribution in [0.3, 0.4) is 0 Å². The first-order chi connectivity index (χ1) is 6.63. The molecule has 3 nitrogen and oxygen atoms in total. The molecule has 1 unspecified atom stereocenters. The molecule has 0 amide bonds. The molecule has 1 aromatic rings. The number of hydrogen-bond donors (Lipinski definition) is 2. The van der Waals surface area contributed by atoms with Crippen LogP contribution in [0.4, 0.5) is 5.13 Å². The van der Waals surface area contributed by atoms with E-state index in [1.165, 1.54) is 4.88 Å². The van der Waals surface area contributed by atoms with Crippen molar-refractivity contribution in [3.05, 3.63) is 10.6 Å². The quantitative estimate of drug-likeness (QED) is 0.788. The molecule has 80 valence electrons. The van der Waals surface area contributed by atoms with Crippen molar-refractivity contribution >= 4 is 16.5 Å². The van der Waals surface area contributed by atoms with Gasteiger partial charge in [-0.15, -0.1) is 11.3 Å². The molecule has 1 aromatic heterocycles. The molecule has 0 fully saturated rings. The maximum absolute atomic E-state index is 5.49. The second-order valence-electron chi connectivity index (χ2n) is 3.72. The summed E-state index contributed by atoms with van der Waals surface area (Å²) in [4.78, 5) is 5.71. The van der Waals surface area contributed by atoms with E-state index in [1.807, 2.05) is 6.92 Å². The molecule has 1 rings (SSSR count). The van der Waals surface area contributed by atoms with Crippen LogP contribution in [-0.4, -0.2) is 18.1 Å². The molecule has 0 aliphatic carbocycles. The lowest BCUT2D eigenvalue weighted by Gasteiger charge is -2.09. The summed E-state index contributed by atoms with van der Waals surface area (Å²) in [6.45, 7) is 8.07. The lowest BCUT2D eigenvalue weighted by molar-refractivity contribution is 0.568. The van der Waals surface area contributed by atoms with Crippen LogP contribution in [0.5, 0.6) is 0 Å². The van der Waals surface area contributed by atoms with Gasteiger partial charge in [-0.1, -0.05) is 6.92 Å². The SMILES string of the molecule is Cc1nc(NCC(C)CCN)sc1C. The first-order valence-electron chi connectivity index (χ1n) is 5.01. The van der Waals surface area contributed by atoms with Crippen LogP contribution in [-0.2, 0) is 0 Å². The molecule has 0 saturated heterocycles. The fourth-order valence-corrected chi connectivity index (χ4v) is 2.02.